The summed E-state index contributed by atoms with van der Waals surface area (Å²) >= 11 is 1.85. The van der Waals surface area contributed by atoms with Crippen molar-refractivity contribution in [2.24, 2.45) is 5.92 Å². The molecular weight excluding hydrogens is 282 g/mol. The van der Waals surface area contributed by atoms with E-state index < -0.39 is 0 Å². The van der Waals surface area contributed by atoms with Gasteiger partial charge in [-0.25, -0.2) is 0 Å². The molecule has 4 nitrogen and oxygen atoms in total. The van der Waals surface area contributed by atoms with E-state index in [0.29, 0.717) is 6.04 Å². The van der Waals surface area contributed by atoms with Crippen LogP contribution in [0.3, 0.4) is 0 Å². The Morgan fingerprint density at radius 1 is 1.33 bits per heavy atom. The van der Waals surface area contributed by atoms with Crippen molar-refractivity contribution in [3.05, 3.63) is 11.7 Å². The van der Waals surface area contributed by atoms with Gasteiger partial charge in [-0.3, -0.25) is 0 Å². The van der Waals surface area contributed by atoms with E-state index in [4.69, 9.17) is 4.52 Å². The van der Waals surface area contributed by atoms with Crippen molar-refractivity contribution in [3.63, 3.8) is 0 Å². The molecule has 5 heteroatoms. The highest BCUT2D eigenvalue weighted by Gasteiger charge is 2.26. The summed E-state index contributed by atoms with van der Waals surface area (Å²) in [4.78, 5) is 4.57. The first kappa shape index (κ1) is 16.8. The number of likely N-dealkylation sites (N-methyl/N-ethyl adjacent to an activating group) is 1. The molecule has 120 valence electrons. The van der Waals surface area contributed by atoms with Gasteiger partial charge in [0.15, 0.2) is 5.82 Å². The summed E-state index contributed by atoms with van der Waals surface area (Å²) in [6, 6.07) is 0.487. The zero-order chi connectivity index (χ0) is 15.3. The summed E-state index contributed by atoms with van der Waals surface area (Å²) in [5, 5.41) is 7.73. The second-order valence-corrected chi connectivity index (χ2v) is 8.72. The summed E-state index contributed by atoms with van der Waals surface area (Å²) in [5.74, 6) is 3.20. The fourth-order valence-corrected chi connectivity index (χ4v) is 3.61. The molecule has 2 rings (SSSR count). The normalized spacial score (nSPS) is 18.3. The van der Waals surface area contributed by atoms with Crippen LogP contribution in [0.4, 0.5) is 0 Å². The van der Waals surface area contributed by atoms with E-state index in [1.165, 1.54) is 25.7 Å². The minimum Gasteiger partial charge on any atom is -0.339 e. The maximum Gasteiger partial charge on any atom is 0.228 e. The van der Waals surface area contributed by atoms with Crippen molar-refractivity contribution in [1.82, 2.24) is 15.5 Å². The molecule has 1 aromatic rings. The monoisotopic (exact) mass is 311 g/mol. The van der Waals surface area contributed by atoms with Gasteiger partial charge in [0.25, 0.3) is 0 Å². The lowest BCUT2D eigenvalue weighted by molar-refractivity contribution is 0.310. The third-order valence-corrected chi connectivity index (χ3v) is 5.24. The molecule has 0 bridgehead atoms. The Balaban J connectivity index is 1.90. The molecule has 0 spiro atoms. The smallest absolute Gasteiger partial charge is 0.228 e. The Bertz CT molecular complexity index is 421. The lowest BCUT2D eigenvalue weighted by Gasteiger charge is -2.22. The number of rotatable bonds is 7. The molecule has 1 aliphatic carbocycles. The van der Waals surface area contributed by atoms with Crippen LogP contribution in [0.25, 0.3) is 0 Å². The van der Waals surface area contributed by atoms with Gasteiger partial charge in [0.1, 0.15) is 0 Å². The van der Waals surface area contributed by atoms with Crippen LogP contribution in [0.1, 0.15) is 65.1 Å². The third kappa shape index (κ3) is 5.62. The topological polar surface area (TPSA) is 51.0 Å². The summed E-state index contributed by atoms with van der Waals surface area (Å²) in [6.45, 7) is 9.79. The standard InChI is InChI=1S/C16H29N3OS/c1-5-17-13(12-8-6-7-9-12)10-15-18-14(19-20-15)11-21-16(2,3)4/h12-13,17H,5-11H2,1-4H3. The van der Waals surface area contributed by atoms with Crippen molar-refractivity contribution < 1.29 is 4.52 Å². The van der Waals surface area contributed by atoms with Gasteiger partial charge in [0.2, 0.25) is 5.89 Å². The highest BCUT2D eigenvalue weighted by Crippen LogP contribution is 2.29. The van der Waals surface area contributed by atoms with Crippen LogP contribution in [0.15, 0.2) is 4.52 Å². The second kappa shape index (κ2) is 7.63. The number of hydrogen-bond acceptors (Lipinski definition) is 5. The van der Waals surface area contributed by atoms with Crippen LogP contribution in [0.2, 0.25) is 0 Å². The molecule has 0 amide bonds. The molecule has 1 N–H and O–H groups in total. The predicted molar refractivity (Wildman–Crippen MR) is 88.5 cm³/mol. The SMILES string of the molecule is CCNC(Cc1nc(CSC(C)(C)C)no1)C1CCCC1. The molecular formula is C16H29N3OS. The second-order valence-electron chi connectivity index (χ2n) is 6.92. The molecule has 0 aromatic carbocycles. The Morgan fingerprint density at radius 3 is 2.67 bits per heavy atom. The molecule has 1 atom stereocenters. The van der Waals surface area contributed by atoms with Crippen LogP contribution >= 0.6 is 11.8 Å². The molecule has 1 unspecified atom stereocenters. The molecule has 21 heavy (non-hydrogen) atoms. The van der Waals surface area contributed by atoms with Gasteiger partial charge < -0.3 is 9.84 Å². The summed E-state index contributed by atoms with van der Waals surface area (Å²) in [6.07, 6.45) is 6.26. The van der Waals surface area contributed by atoms with Gasteiger partial charge in [-0.1, -0.05) is 45.7 Å². The number of hydrogen-bond donors (Lipinski definition) is 1. The van der Waals surface area contributed by atoms with Gasteiger partial charge in [-0.05, 0) is 25.3 Å². The summed E-state index contributed by atoms with van der Waals surface area (Å²) in [7, 11) is 0. The molecule has 1 fully saturated rings. The van der Waals surface area contributed by atoms with Crippen molar-refractivity contribution in [3.8, 4) is 0 Å². The van der Waals surface area contributed by atoms with Gasteiger partial charge in [0.05, 0.1) is 5.75 Å². The highest BCUT2D eigenvalue weighted by molar-refractivity contribution is 7.99. The average molecular weight is 311 g/mol. The van der Waals surface area contributed by atoms with Crippen molar-refractivity contribution in [1.29, 1.82) is 0 Å². The van der Waals surface area contributed by atoms with Crippen LogP contribution in [0.5, 0.6) is 0 Å². The van der Waals surface area contributed by atoms with Crippen LogP contribution in [-0.4, -0.2) is 27.5 Å². The first-order valence-electron chi connectivity index (χ1n) is 8.16. The predicted octanol–water partition coefficient (Wildman–Crippen LogP) is 3.81. The minimum atomic E-state index is 0.233. The molecule has 1 aromatic heterocycles. The van der Waals surface area contributed by atoms with E-state index in [1.807, 2.05) is 11.8 Å². The number of nitrogens with one attached hydrogen (secondary N) is 1. The Labute approximate surface area is 132 Å². The Kier molecular flexibility index (Phi) is 6.11. The van der Waals surface area contributed by atoms with E-state index in [1.54, 1.807) is 0 Å². The number of thioether (sulfide) groups is 1. The fourth-order valence-electron chi connectivity index (χ4n) is 2.93. The quantitative estimate of drug-likeness (QED) is 0.830. The van der Waals surface area contributed by atoms with Gasteiger partial charge in [-0.2, -0.15) is 4.98 Å². The van der Waals surface area contributed by atoms with E-state index in [2.05, 4.69) is 43.2 Å². The zero-order valence-corrected chi connectivity index (χ0v) is 14.6. The maximum absolute atomic E-state index is 5.45. The first-order valence-corrected chi connectivity index (χ1v) is 9.15. The van der Waals surface area contributed by atoms with Crippen molar-refractivity contribution >= 4 is 11.8 Å². The Morgan fingerprint density at radius 2 is 2.05 bits per heavy atom. The van der Waals surface area contributed by atoms with E-state index in [0.717, 1.165) is 36.4 Å². The molecule has 0 radical (unpaired) electrons. The average Bonchev–Trinajstić information content (AvgIpc) is 3.06. The fraction of sp³-hybridized carbons (Fsp3) is 0.875. The summed E-state index contributed by atoms with van der Waals surface area (Å²) < 4.78 is 5.68. The maximum atomic E-state index is 5.45. The highest BCUT2D eigenvalue weighted by atomic mass is 32.2. The summed E-state index contributed by atoms with van der Waals surface area (Å²) in [5.41, 5.74) is 0. The van der Waals surface area contributed by atoms with Crippen molar-refractivity contribution in [2.75, 3.05) is 6.54 Å². The zero-order valence-electron chi connectivity index (χ0n) is 13.8. The lowest BCUT2D eigenvalue weighted by atomic mass is 9.95. The van der Waals surface area contributed by atoms with Gasteiger partial charge in [0, 0.05) is 17.2 Å². The van der Waals surface area contributed by atoms with Crippen LogP contribution < -0.4 is 5.32 Å². The molecule has 0 saturated heterocycles. The molecule has 0 aliphatic heterocycles. The minimum absolute atomic E-state index is 0.233. The van der Waals surface area contributed by atoms with Crippen molar-refractivity contribution in [2.45, 2.75) is 76.3 Å². The van der Waals surface area contributed by atoms with Crippen LogP contribution in [-0.2, 0) is 12.2 Å². The largest absolute Gasteiger partial charge is 0.339 e. The molecule has 1 saturated carbocycles. The number of nitrogens with zero attached hydrogens (tertiary/aromatic N) is 2. The molecule has 1 heterocycles. The van der Waals surface area contributed by atoms with Crippen LogP contribution in [0, 0.1) is 5.92 Å². The van der Waals surface area contributed by atoms with Gasteiger partial charge in [-0.15, -0.1) is 11.8 Å². The number of aromatic nitrogens is 2. The van der Waals surface area contributed by atoms with E-state index in [-0.39, 0.29) is 4.75 Å². The lowest BCUT2D eigenvalue weighted by Crippen LogP contribution is -2.37. The first-order chi connectivity index (χ1) is 9.98. The van der Waals surface area contributed by atoms with E-state index >= 15 is 0 Å². The Hall–Kier alpha value is -0.550. The molecule has 1 aliphatic rings. The van der Waals surface area contributed by atoms with E-state index in [9.17, 15) is 0 Å². The van der Waals surface area contributed by atoms with Gasteiger partial charge >= 0.3 is 0 Å². The third-order valence-electron chi connectivity index (χ3n) is 3.97.